The summed E-state index contributed by atoms with van der Waals surface area (Å²) >= 11 is 0. The number of piperidine rings is 1. The number of hydrogen-bond donors (Lipinski definition) is 1. The van der Waals surface area contributed by atoms with Crippen LogP contribution >= 0.6 is 0 Å². The Morgan fingerprint density at radius 2 is 1.65 bits per heavy atom. The fourth-order valence-corrected chi connectivity index (χ4v) is 3.03. The van der Waals surface area contributed by atoms with E-state index in [-0.39, 0.29) is 25.1 Å². The van der Waals surface area contributed by atoms with Crippen LogP contribution in [-0.4, -0.2) is 41.4 Å². The molecule has 0 bridgehead atoms. The van der Waals surface area contributed by atoms with Crippen molar-refractivity contribution in [2.75, 3.05) is 13.1 Å². The van der Waals surface area contributed by atoms with Crippen molar-refractivity contribution in [3.63, 3.8) is 0 Å². The van der Waals surface area contributed by atoms with Crippen molar-refractivity contribution < 1.29 is 18.3 Å². The maximum Gasteiger partial charge on any atom is 0.393 e. The molecule has 5 heteroatoms. The Morgan fingerprint density at radius 3 is 2.24 bits per heavy atom. The second-order valence-electron chi connectivity index (χ2n) is 5.34. The number of halogens is 3. The summed E-state index contributed by atoms with van der Waals surface area (Å²) in [5.74, 6) is -1.15. The standard InChI is InChI=1S/C12H20F3NO/c13-12(14,15)9-2-1-7-16(8-9)10-3-5-11(17)6-4-10/h9-11,17H,1-8H2. The van der Waals surface area contributed by atoms with Crippen molar-refractivity contribution >= 4 is 0 Å². The Morgan fingerprint density at radius 1 is 1.00 bits per heavy atom. The Balaban J connectivity index is 1.89. The third-order valence-corrected chi connectivity index (χ3v) is 4.10. The number of alkyl halides is 3. The van der Waals surface area contributed by atoms with Crippen LogP contribution in [0.25, 0.3) is 0 Å². The van der Waals surface area contributed by atoms with Crippen LogP contribution in [0, 0.1) is 5.92 Å². The van der Waals surface area contributed by atoms with Crippen molar-refractivity contribution in [3.8, 4) is 0 Å². The molecule has 2 fully saturated rings. The quantitative estimate of drug-likeness (QED) is 0.774. The molecule has 2 aliphatic rings. The van der Waals surface area contributed by atoms with Gasteiger partial charge >= 0.3 is 6.18 Å². The van der Waals surface area contributed by atoms with Gasteiger partial charge in [0.05, 0.1) is 12.0 Å². The largest absolute Gasteiger partial charge is 0.393 e. The van der Waals surface area contributed by atoms with Gasteiger partial charge in [0.2, 0.25) is 0 Å². The van der Waals surface area contributed by atoms with Crippen LogP contribution in [0.2, 0.25) is 0 Å². The van der Waals surface area contributed by atoms with Crippen LogP contribution in [0.15, 0.2) is 0 Å². The molecule has 1 unspecified atom stereocenters. The highest BCUT2D eigenvalue weighted by molar-refractivity contribution is 4.85. The highest BCUT2D eigenvalue weighted by atomic mass is 19.4. The molecule has 1 atom stereocenters. The number of aliphatic hydroxyl groups is 1. The average Bonchev–Trinajstić information content (AvgIpc) is 2.29. The number of likely N-dealkylation sites (tertiary alicyclic amines) is 1. The lowest BCUT2D eigenvalue weighted by atomic mass is 9.89. The Hall–Kier alpha value is -0.290. The summed E-state index contributed by atoms with van der Waals surface area (Å²) in [5, 5.41) is 9.41. The second kappa shape index (κ2) is 5.14. The van der Waals surface area contributed by atoms with E-state index in [1.165, 1.54) is 0 Å². The molecule has 1 heterocycles. The zero-order chi connectivity index (χ0) is 12.5. The van der Waals surface area contributed by atoms with E-state index in [9.17, 15) is 18.3 Å². The fourth-order valence-electron chi connectivity index (χ4n) is 3.03. The first kappa shape index (κ1) is 13.1. The lowest BCUT2D eigenvalue weighted by molar-refractivity contribution is -0.189. The third kappa shape index (κ3) is 3.35. The van der Waals surface area contributed by atoms with Gasteiger partial charge in [-0.2, -0.15) is 13.2 Å². The summed E-state index contributed by atoms with van der Waals surface area (Å²) < 4.78 is 38.0. The van der Waals surface area contributed by atoms with Gasteiger partial charge in [-0.25, -0.2) is 0 Å². The highest BCUT2D eigenvalue weighted by Gasteiger charge is 2.43. The minimum atomic E-state index is -4.05. The fraction of sp³-hybridized carbons (Fsp3) is 1.00. The number of hydrogen-bond acceptors (Lipinski definition) is 2. The molecular formula is C12H20F3NO. The minimum Gasteiger partial charge on any atom is -0.393 e. The molecule has 0 aromatic carbocycles. The van der Waals surface area contributed by atoms with Gasteiger partial charge in [0.15, 0.2) is 0 Å². The minimum absolute atomic E-state index is 0.157. The molecule has 1 saturated heterocycles. The Kier molecular flexibility index (Phi) is 3.98. The number of aliphatic hydroxyl groups excluding tert-OH is 1. The summed E-state index contributed by atoms with van der Waals surface area (Å²) in [4.78, 5) is 1.99. The first-order valence-corrected chi connectivity index (χ1v) is 6.45. The summed E-state index contributed by atoms with van der Waals surface area (Å²) in [5.41, 5.74) is 0. The van der Waals surface area contributed by atoms with Gasteiger partial charge in [-0.15, -0.1) is 0 Å². The van der Waals surface area contributed by atoms with Gasteiger partial charge in [0.1, 0.15) is 0 Å². The molecule has 17 heavy (non-hydrogen) atoms. The smallest absolute Gasteiger partial charge is 0.393 e. The molecule has 100 valence electrons. The van der Waals surface area contributed by atoms with Crippen LogP contribution in [-0.2, 0) is 0 Å². The molecule has 1 aliphatic carbocycles. The van der Waals surface area contributed by atoms with E-state index >= 15 is 0 Å². The molecule has 2 nitrogen and oxygen atoms in total. The first-order chi connectivity index (χ1) is 7.97. The van der Waals surface area contributed by atoms with E-state index in [4.69, 9.17) is 0 Å². The van der Waals surface area contributed by atoms with E-state index in [0.717, 1.165) is 32.2 Å². The van der Waals surface area contributed by atoms with Crippen molar-refractivity contribution in [2.24, 2.45) is 5.92 Å². The molecule has 0 spiro atoms. The van der Waals surface area contributed by atoms with Crippen molar-refractivity contribution in [3.05, 3.63) is 0 Å². The summed E-state index contributed by atoms with van der Waals surface area (Å²) in [6.07, 6.45) is -0.229. The van der Waals surface area contributed by atoms with Crippen LogP contribution in [0.1, 0.15) is 38.5 Å². The predicted octanol–water partition coefficient (Wildman–Crippen LogP) is 2.56. The van der Waals surface area contributed by atoms with Crippen LogP contribution in [0.3, 0.4) is 0 Å². The zero-order valence-corrected chi connectivity index (χ0v) is 9.92. The van der Waals surface area contributed by atoms with Crippen molar-refractivity contribution in [1.29, 1.82) is 0 Å². The second-order valence-corrected chi connectivity index (χ2v) is 5.34. The van der Waals surface area contributed by atoms with Gasteiger partial charge in [0, 0.05) is 12.6 Å². The number of rotatable bonds is 1. The SMILES string of the molecule is OC1CCC(N2CCCC(C(F)(F)F)C2)CC1. The summed E-state index contributed by atoms with van der Waals surface area (Å²) in [7, 11) is 0. The lowest BCUT2D eigenvalue weighted by Crippen LogP contribution is -2.48. The normalized spacial score (nSPS) is 37.1. The van der Waals surface area contributed by atoms with Crippen LogP contribution in [0.5, 0.6) is 0 Å². The molecule has 0 aromatic rings. The van der Waals surface area contributed by atoms with Crippen molar-refractivity contribution in [1.82, 2.24) is 4.90 Å². The zero-order valence-electron chi connectivity index (χ0n) is 9.92. The third-order valence-electron chi connectivity index (χ3n) is 4.10. The molecule has 2 rings (SSSR count). The van der Waals surface area contributed by atoms with Crippen LogP contribution < -0.4 is 0 Å². The van der Waals surface area contributed by atoms with Gasteiger partial charge in [0.25, 0.3) is 0 Å². The maximum absolute atomic E-state index is 12.7. The molecule has 1 aliphatic heterocycles. The Labute approximate surface area is 99.8 Å². The number of nitrogens with zero attached hydrogens (tertiary/aromatic N) is 1. The monoisotopic (exact) mass is 251 g/mol. The van der Waals surface area contributed by atoms with Gasteiger partial charge in [-0.05, 0) is 45.1 Å². The average molecular weight is 251 g/mol. The molecule has 0 radical (unpaired) electrons. The molecule has 0 amide bonds. The van der Waals surface area contributed by atoms with Gasteiger partial charge in [-0.3, -0.25) is 4.90 Å². The maximum atomic E-state index is 12.7. The van der Waals surface area contributed by atoms with Gasteiger partial charge in [-0.1, -0.05) is 0 Å². The first-order valence-electron chi connectivity index (χ1n) is 6.45. The van der Waals surface area contributed by atoms with Gasteiger partial charge < -0.3 is 5.11 Å². The van der Waals surface area contributed by atoms with E-state index < -0.39 is 12.1 Å². The Bertz CT molecular complexity index is 249. The lowest BCUT2D eigenvalue weighted by Gasteiger charge is -2.41. The topological polar surface area (TPSA) is 23.5 Å². The molecule has 1 N–H and O–H groups in total. The molecule has 0 aromatic heterocycles. The van der Waals surface area contributed by atoms with E-state index in [2.05, 4.69) is 0 Å². The summed E-state index contributed by atoms with van der Waals surface area (Å²) in [6, 6.07) is 0.253. The molecule has 1 saturated carbocycles. The van der Waals surface area contributed by atoms with E-state index in [1.807, 2.05) is 4.90 Å². The predicted molar refractivity (Wildman–Crippen MR) is 58.6 cm³/mol. The van der Waals surface area contributed by atoms with E-state index in [0.29, 0.717) is 6.42 Å². The molecular weight excluding hydrogens is 231 g/mol. The summed E-state index contributed by atoms with van der Waals surface area (Å²) in [6.45, 7) is 0.942. The van der Waals surface area contributed by atoms with Crippen molar-refractivity contribution in [2.45, 2.75) is 56.8 Å². The highest BCUT2D eigenvalue weighted by Crippen LogP contribution is 2.35. The van der Waals surface area contributed by atoms with Crippen LogP contribution in [0.4, 0.5) is 13.2 Å². The van der Waals surface area contributed by atoms with E-state index in [1.54, 1.807) is 0 Å².